The Labute approximate surface area is 182 Å². The zero-order chi connectivity index (χ0) is 22.1. The van der Waals surface area contributed by atoms with E-state index in [9.17, 15) is 13.0 Å². The molecular weight excluding hydrogens is 386 g/mol. The Bertz CT molecular complexity index is 425. The quantitative estimate of drug-likeness (QED) is 0.119. The van der Waals surface area contributed by atoms with Gasteiger partial charge in [-0.05, 0) is 52.4 Å². The molecule has 0 fully saturated rings. The molecule has 0 aromatic carbocycles. The van der Waals surface area contributed by atoms with Crippen LogP contribution in [0.25, 0.3) is 0 Å². The average Bonchev–Trinajstić information content (AvgIpc) is 2.66. The molecular formula is C23H49NO4S. The first-order valence-electron chi connectivity index (χ1n) is 12.0. The van der Waals surface area contributed by atoms with E-state index < -0.39 is 10.4 Å². The van der Waals surface area contributed by atoms with Gasteiger partial charge in [-0.15, -0.1) is 0 Å². The number of hydrogen-bond acceptors (Lipinski definition) is 4. The van der Waals surface area contributed by atoms with E-state index in [2.05, 4.69) is 35.5 Å². The van der Waals surface area contributed by atoms with E-state index in [1.165, 1.54) is 116 Å². The van der Waals surface area contributed by atoms with Gasteiger partial charge in [0.15, 0.2) is 0 Å². The predicted molar refractivity (Wildman–Crippen MR) is 123 cm³/mol. The zero-order valence-electron chi connectivity index (χ0n) is 19.5. The van der Waals surface area contributed by atoms with Gasteiger partial charge in [-0.1, -0.05) is 76.9 Å². The van der Waals surface area contributed by atoms with Crippen LogP contribution in [0, 0.1) is 0 Å². The molecule has 29 heavy (non-hydrogen) atoms. The molecule has 0 aliphatic carbocycles. The molecule has 6 heteroatoms. The average molecular weight is 436 g/mol. The van der Waals surface area contributed by atoms with E-state index in [0.29, 0.717) is 0 Å². The third kappa shape index (κ3) is 35.4. The molecule has 0 aromatic rings. The van der Waals surface area contributed by atoms with Crippen molar-refractivity contribution in [2.45, 2.75) is 117 Å². The summed E-state index contributed by atoms with van der Waals surface area (Å²) in [6.45, 7) is 8.44. The molecule has 0 rings (SSSR count). The van der Waals surface area contributed by atoms with Crippen LogP contribution in [0.4, 0.5) is 0 Å². The number of rotatable bonds is 20. The lowest BCUT2D eigenvalue weighted by molar-refractivity contribution is -0.652. The number of hydrogen-bond donors (Lipinski definition) is 1. The van der Waals surface area contributed by atoms with Crippen LogP contribution in [-0.2, 0) is 14.6 Å². The Kier molecular flexibility index (Phi) is 27.2. The summed E-state index contributed by atoms with van der Waals surface area (Å²) in [4.78, 5) is 0. The first kappa shape index (κ1) is 30.8. The monoisotopic (exact) mass is 435 g/mol. The van der Waals surface area contributed by atoms with Crippen molar-refractivity contribution >= 4 is 10.4 Å². The van der Waals surface area contributed by atoms with Crippen LogP contribution in [0.5, 0.6) is 0 Å². The summed E-state index contributed by atoms with van der Waals surface area (Å²) in [7, 11) is -4.42. The van der Waals surface area contributed by atoms with Crippen LogP contribution >= 0.6 is 0 Å². The first-order chi connectivity index (χ1) is 14.0. The van der Waals surface area contributed by atoms with Crippen molar-refractivity contribution in [2.75, 3.05) is 19.7 Å². The second kappa shape index (κ2) is 25.6. The largest absolute Gasteiger partial charge is 0.726 e. The van der Waals surface area contributed by atoms with Crippen molar-refractivity contribution in [2.24, 2.45) is 0 Å². The fourth-order valence-corrected chi connectivity index (χ4v) is 3.35. The van der Waals surface area contributed by atoms with Gasteiger partial charge in [0.1, 0.15) is 0 Å². The van der Waals surface area contributed by atoms with Crippen molar-refractivity contribution in [3.05, 3.63) is 12.2 Å². The molecule has 176 valence electrons. The van der Waals surface area contributed by atoms with Crippen molar-refractivity contribution in [1.29, 1.82) is 0 Å². The highest BCUT2D eigenvalue weighted by molar-refractivity contribution is 7.80. The maximum Gasteiger partial charge on any atom is 0.217 e. The minimum absolute atomic E-state index is 0.0914. The highest BCUT2D eigenvalue weighted by atomic mass is 32.3. The third-order valence-corrected chi connectivity index (χ3v) is 5.25. The number of nitrogens with two attached hydrogens (primary N) is 1. The Morgan fingerprint density at radius 1 is 0.724 bits per heavy atom. The summed E-state index contributed by atoms with van der Waals surface area (Å²) < 4.78 is 32.0. The minimum atomic E-state index is -4.42. The van der Waals surface area contributed by atoms with Gasteiger partial charge in [0, 0.05) is 0 Å². The maximum atomic E-state index is 9.45. The fourth-order valence-electron chi connectivity index (χ4n) is 3.06. The van der Waals surface area contributed by atoms with Crippen molar-refractivity contribution in [1.82, 2.24) is 0 Å². The Morgan fingerprint density at radius 3 is 1.55 bits per heavy atom. The standard InChI is InChI=1S/C21H43N.C2H6O4S/c1-3-5-6-7-8-9-10-11-12-13-14-15-16-17-18-19-20-21-22-4-2;1-2-6-7(3,4)5/h11-12,22H,3-10,13-21H2,1-2H3;2H2,1H3,(H,3,4,5)/b12-11-;. The molecule has 0 aliphatic heterocycles. The van der Waals surface area contributed by atoms with E-state index in [0.717, 1.165) is 0 Å². The van der Waals surface area contributed by atoms with Gasteiger partial charge in [-0.3, -0.25) is 4.18 Å². The normalized spacial score (nSPS) is 11.6. The van der Waals surface area contributed by atoms with E-state index >= 15 is 0 Å². The molecule has 5 nitrogen and oxygen atoms in total. The lowest BCUT2D eigenvalue weighted by atomic mass is 10.1. The van der Waals surface area contributed by atoms with Crippen LogP contribution in [0.15, 0.2) is 12.2 Å². The summed E-state index contributed by atoms with van der Waals surface area (Å²) in [6, 6.07) is 0. The number of unbranched alkanes of at least 4 members (excludes halogenated alkanes) is 13. The second-order valence-electron chi connectivity index (χ2n) is 7.59. The fraction of sp³-hybridized carbons (Fsp3) is 0.913. The molecule has 0 spiro atoms. The Balaban J connectivity index is 0. The minimum Gasteiger partial charge on any atom is -0.726 e. The maximum absolute atomic E-state index is 9.45. The van der Waals surface area contributed by atoms with Crippen molar-refractivity contribution < 1.29 is 22.5 Å². The predicted octanol–water partition coefficient (Wildman–Crippen LogP) is 5.48. The topological polar surface area (TPSA) is 83.0 Å². The third-order valence-electron chi connectivity index (χ3n) is 4.72. The lowest BCUT2D eigenvalue weighted by Crippen LogP contribution is -2.83. The zero-order valence-corrected chi connectivity index (χ0v) is 20.3. The molecule has 0 saturated carbocycles. The SMILES string of the molecule is CCCCCCCC/C=C\CCCCCCCCC[NH2+]CC.CCOS(=O)(=O)[O-]. The van der Waals surface area contributed by atoms with Gasteiger partial charge in [0.25, 0.3) is 0 Å². The molecule has 0 heterocycles. The molecule has 2 N–H and O–H groups in total. The summed E-state index contributed by atoms with van der Waals surface area (Å²) in [5, 5.41) is 2.41. The molecule has 0 radical (unpaired) electrons. The molecule has 0 bridgehead atoms. The highest BCUT2D eigenvalue weighted by Crippen LogP contribution is 2.10. The van der Waals surface area contributed by atoms with Gasteiger partial charge in [-0.2, -0.15) is 0 Å². The van der Waals surface area contributed by atoms with E-state index in [4.69, 9.17) is 0 Å². The van der Waals surface area contributed by atoms with E-state index in [-0.39, 0.29) is 6.61 Å². The first-order valence-corrected chi connectivity index (χ1v) is 13.4. The molecule has 0 aromatic heterocycles. The van der Waals surface area contributed by atoms with Gasteiger partial charge in [0.2, 0.25) is 10.4 Å². The van der Waals surface area contributed by atoms with Crippen LogP contribution in [0.2, 0.25) is 0 Å². The van der Waals surface area contributed by atoms with E-state index in [1.54, 1.807) is 0 Å². The summed E-state index contributed by atoms with van der Waals surface area (Å²) in [6.07, 6.45) is 26.0. The molecule has 0 atom stereocenters. The van der Waals surface area contributed by atoms with Crippen LogP contribution in [-0.4, -0.2) is 32.7 Å². The van der Waals surface area contributed by atoms with Crippen LogP contribution in [0.1, 0.15) is 117 Å². The van der Waals surface area contributed by atoms with Crippen LogP contribution < -0.4 is 5.32 Å². The van der Waals surface area contributed by atoms with Gasteiger partial charge < -0.3 is 9.87 Å². The number of allylic oxidation sites excluding steroid dienone is 2. The second-order valence-corrected chi connectivity index (χ2v) is 8.64. The molecule has 0 saturated heterocycles. The van der Waals surface area contributed by atoms with Crippen LogP contribution in [0.3, 0.4) is 0 Å². The Morgan fingerprint density at radius 2 is 1.17 bits per heavy atom. The summed E-state index contributed by atoms with van der Waals surface area (Å²) >= 11 is 0. The van der Waals surface area contributed by atoms with Gasteiger partial charge >= 0.3 is 0 Å². The van der Waals surface area contributed by atoms with Gasteiger partial charge in [0.05, 0.1) is 19.7 Å². The molecule has 0 aliphatic rings. The van der Waals surface area contributed by atoms with Crippen molar-refractivity contribution in [3.63, 3.8) is 0 Å². The number of quaternary nitrogens is 1. The summed E-state index contributed by atoms with van der Waals surface area (Å²) in [5.41, 5.74) is 0. The van der Waals surface area contributed by atoms with Gasteiger partial charge in [-0.25, -0.2) is 8.42 Å². The van der Waals surface area contributed by atoms with E-state index in [1.807, 2.05) is 0 Å². The highest BCUT2D eigenvalue weighted by Gasteiger charge is 1.93. The smallest absolute Gasteiger partial charge is 0.217 e. The van der Waals surface area contributed by atoms with Crippen molar-refractivity contribution in [3.8, 4) is 0 Å². The lowest BCUT2D eigenvalue weighted by Gasteiger charge is -2.02. The summed E-state index contributed by atoms with van der Waals surface area (Å²) in [5.74, 6) is 0. The molecule has 0 amide bonds. The Hall–Kier alpha value is -0.430. The molecule has 0 unspecified atom stereocenters.